The fourth-order valence-corrected chi connectivity index (χ4v) is 6.61. The number of hydrogen-bond acceptors (Lipinski definition) is 7. The number of sulfonamides is 1. The lowest BCUT2D eigenvalue weighted by Gasteiger charge is -2.35. The maximum atomic E-state index is 14.3. The second-order valence-electron chi connectivity index (χ2n) is 12.1. The number of likely N-dealkylation sites (N-methyl/N-ethyl adjacent to an activating group) is 1. The predicted octanol–water partition coefficient (Wildman–Crippen LogP) is 5.45. The summed E-state index contributed by atoms with van der Waals surface area (Å²) in [6.07, 6.45) is 1.50. The predicted molar refractivity (Wildman–Crippen MR) is 182 cm³/mol. The summed E-state index contributed by atoms with van der Waals surface area (Å²) in [5.74, 6) is -0.336. The number of nitrogens with one attached hydrogen (secondary N) is 2. The highest BCUT2D eigenvalue weighted by Gasteiger charge is 2.32. The first-order chi connectivity index (χ1) is 22.5. The molecule has 0 spiro atoms. The molecule has 1 aliphatic rings. The number of aliphatic hydroxyl groups is 1. The van der Waals surface area contributed by atoms with Crippen molar-refractivity contribution >= 4 is 33.3 Å². The second kappa shape index (κ2) is 16.7. The maximum Gasteiger partial charge on any atom is 0.323 e. The number of anilines is 2. The van der Waals surface area contributed by atoms with Crippen LogP contribution in [0.5, 0.6) is 5.75 Å². The lowest BCUT2D eigenvalue weighted by atomic mass is 10.0. The molecule has 0 radical (unpaired) electrons. The topological polar surface area (TPSA) is 138 Å². The molecule has 0 bridgehead atoms. The molecule has 11 nitrogen and oxygen atoms in total. The minimum absolute atomic E-state index is 0.0780. The first kappa shape index (κ1) is 35.9. The van der Waals surface area contributed by atoms with Gasteiger partial charge in [0.15, 0.2) is 0 Å². The summed E-state index contributed by atoms with van der Waals surface area (Å²) < 4.78 is 40.6. The normalized spacial score (nSPS) is 20.4. The molecule has 3 aromatic carbocycles. The van der Waals surface area contributed by atoms with Crippen LogP contribution >= 0.6 is 0 Å². The Balaban J connectivity index is 1.63. The van der Waals surface area contributed by atoms with Gasteiger partial charge in [-0.1, -0.05) is 43.3 Å². The van der Waals surface area contributed by atoms with Crippen LogP contribution in [0.15, 0.2) is 83.8 Å². The number of carbonyl (C=O) groups excluding carboxylic acids is 2. The molecule has 254 valence electrons. The molecule has 47 heavy (non-hydrogen) atoms. The van der Waals surface area contributed by atoms with Crippen molar-refractivity contribution in [3.8, 4) is 5.75 Å². The van der Waals surface area contributed by atoms with Gasteiger partial charge < -0.3 is 30.1 Å². The highest BCUT2D eigenvalue weighted by molar-refractivity contribution is 7.89. The van der Waals surface area contributed by atoms with E-state index in [-0.39, 0.29) is 42.2 Å². The SMILES string of the molecule is C[C@H](CO)N1C[C@H](C)[C@@H](CN(C)S(=O)(=O)c2ccccc2)OCCCC[C@H](C)Oc2ccc(NC(=O)Nc3ccccc3)cc2C1=O. The minimum atomic E-state index is -3.77. The summed E-state index contributed by atoms with van der Waals surface area (Å²) in [6, 6.07) is 21.1. The van der Waals surface area contributed by atoms with E-state index >= 15 is 0 Å². The standard InChI is InChI=1S/C35H46N4O7S/c1-25-22-39(26(2)24-40)34(41)31-21-29(37-35(42)36-28-14-7-5-8-15-28)18-19-32(31)46-27(3)13-11-12-20-45-33(25)23-38(4)47(43,44)30-16-9-6-10-17-30/h5-10,14-19,21,25-27,33,40H,11-13,20,22-24H2,1-4H3,(H2,36,37,42)/t25-,26+,27-,33+/m0/s1. The molecule has 12 heteroatoms. The second-order valence-corrected chi connectivity index (χ2v) is 14.1. The largest absolute Gasteiger partial charge is 0.490 e. The molecule has 3 aromatic rings. The van der Waals surface area contributed by atoms with E-state index in [1.54, 1.807) is 72.5 Å². The van der Waals surface area contributed by atoms with Gasteiger partial charge in [-0.25, -0.2) is 13.2 Å². The highest BCUT2D eigenvalue weighted by Crippen LogP contribution is 2.29. The Morgan fingerprint density at radius 1 is 1.00 bits per heavy atom. The molecular formula is C35H46N4O7S. The molecular weight excluding hydrogens is 620 g/mol. The van der Waals surface area contributed by atoms with Crippen LogP contribution in [0.4, 0.5) is 16.2 Å². The van der Waals surface area contributed by atoms with E-state index in [0.717, 1.165) is 12.8 Å². The fraction of sp³-hybridized carbons (Fsp3) is 0.429. The number of ether oxygens (including phenoxy) is 2. The number of urea groups is 1. The van der Waals surface area contributed by atoms with E-state index < -0.39 is 34.1 Å². The Morgan fingerprint density at radius 2 is 1.66 bits per heavy atom. The minimum Gasteiger partial charge on any atom is -0.490 e. The van der Waals surface area contributed by atoms with Crippen molar-refractivity contribution in [2.45, 2.75) is 63.2 Å². The third kappa shape index (κ3) is 9.77. The van der Waals surface area contributed by atoms with Crippen molar-refractivity contribution in [1.82, 2.24) is 9.21 Å². The number of carbonyl (C=O) groups is 2. The summed E-state index contributed by atoms with van der Waals surface area (Å²) in [4.78, 5) is 28.8. The van der Waals surface area contributed by atoms with Gasteiger partial charge in [0.25, 0.3) is 5.91 Å². The Kier molecular flexibility index (Phi) is 12.8. The molecule has 0 saturated carbocycles. The monoisotopic (exact) mass is 666 g/mol. The van der Waals surface area contributed by atoms with E-state index in [1.165, 1.54) is 11.4 Å². The maximum absolute atomic E-state index is 14.3. The van der Waals surface area contributed by atoms with E-state index in [4.69, 9.17) is 9.47 Å². The number of nitrogens with zero attached hydrogens (tertiary/aromatic N) is 2. The lowest BCUT2D eigenvalue weighted by molar-refractivity contribution is -0.00833. The third-order valence-corrected chi connectivity index (χ3v) is 10.1. The molecule has 3 amide bonds. The zero-order chi connectivity index (χ0) is 34.0. The van der Waals surface area contributed by atoms with Crippen molar-refractivity contribution in [3.05, 3.63) is 84.4 Å². The molecule has 0 unspecified atom stereocenters. The zero-order valence-electron chi connectivity index (χ0n) is 27.5. The Morgan fingerprint density at radius 3 is 2.34 bits per heavy atom. The molecule has 1 heterocycles. The highest BCUT2D eigenvalue weighted by atomic mass is 32.2. The van der Waals surface area contributed by atoms with E-state index in [1.807, 2.05) is 32.0 Å². The number of benzene rings is 3. The molecule has 0 saturated heterocycles. The van der Waals surface area contributed by atoms with Crippen molar-refractivity contribution in [2.24, 2.45) is 5.92 Å². The summed E-state index contributed by atoms with van der Waals surface area (Å²) in [6.45, 7) is 5.96. The summed E-state index contributed by atoms with van der Waals surface area (Å²) in [7, 11) is -2.25. The van der Waals surface area contributed by atoms with Gasteiger partial charge in [-0.2, -0.15) is 4.31 Å². The Hall–Kier alpha value is -3.97. The van der Waals surface area contributed by atoms with Crippen molar-refractivity contribution < 1.29 is 32.6 Å². The average Bonchev–Trinajstić information content (AvgIpc) is 3.06. The molecule has 0 fully saturated rings. The van der Waals surface area contributed by atoms with E-state index in [0.29, 0.717) is 30.2 Å². The molecule has 4 atom stereocenters. The van der Waals surface area contributed by atoms with Crippen molar-refractivity contribution in [3.63, 3.8) is 0 Å². The average molecular weight is 667 g/mol. The Labute approximate surface area is 277 Å². The quantitative estimate of drug-likeness (QED) is 0.291. The fourth-order valence-electron chi connectivity index (χ4n) is 5.40. The smallest absolute Gasteiger partial charge is 0.323 e. The van der Waals surface area contributed by atoms with Gasteiger partial charge in [0.2, 0.25) is 10.0 Å². The van der Waals surface area contributed by atoms with Crippen LogP contribution in [0.25, 0.3) is 0 Å². The number of para-hydroxylation sites is 1. The van der Waals surface area contributed by atoms with Gasteiger partial charge >= 0.3 is 6.03 Å². The zero-order valence-corrected chi connectivity index (χ0v) is 28.3. The summed E-state index contributed by atoms with van der Waals surface area (Å²) >= 11 is 0. The van der Waals surface area contributed by atoms with Crippen molar-refractivity contribution in [1.29, 1.82) is 0 Å². The molecule has 1 aliphatic heterocycles. The van der Waals surface area contributed by atoms with Crippen LogP contribution in [-0.2, 0) is 14.8 Å². The lowest BCUT2D eigenvalue weighted by Crippen LogP contribution is -2.48. The molecule has 4 rings (SSSR count). The Bertz CT molecular complexity index is 1570. The number of fused-ring (bicyclic) bond motifs is 1. The van der Waals surface area contributed by atoms with Crippen molar-refractivity contribution in [2.75, 3.05) is 44.0 Å². The number of hydrogen-bond donors (Lipinski definition) is 3. The van der Waals surface area contributed by atoms with Gasteiger partial charge in [0.1, 0.15) is 5.75 Å². The first-order valence-corrected chi connectivity index (χ1v) is 17.4. The number of rotatable bonds is 8. The van der Waals surface area contributed by atoms with Gasteiger partial charge in [0.05, 0.1) is 35.3 Å². The van der Waals surface area contributed by atoms with Crippen LogP contribution in [0, 0.1) is 5.92 Å². The number of amides is 3. The summed E-state index contributed by atoms with van der Waals surface area (Å²) in [5, 5.41) is 15.8. The molecule has 0 aliphatic carbocycles. The van der Waals surface area contributed by atoms with Crippen LogP contribution in [0.1, 0.15) is 50.4 Å². The van der Waals surface area contributed by atoms with Gasteiger partial charge in [-0.3, -0.25) is 4.79 Å². The van der Waals surface area contributed by atoms with E-state index in [9.17, 15) is 23.1 Å². The van der Waals surface area contributed by atoms with Gasteiger partial charge in [-0.05, 0) is 75.6 Å². The van der Waals surface area contributed by atoms with Gasteiger partial charge in [0, 0.05) is 44.0 Å². The number of aliphatic hydroxyl groups excluding tert-OH is 1. The van der Waals surface area contributed by atoms with Crippen LogP contribution in [0.2, 0.25) is 0 Å². The van der Waals surface area contributed by atoms with Gasteiger partial charge in [-0.15, -0.1) is 0 Å². The first-order valence-electron chi connectivity index (χ1n) is 16.0. The molecule has 3 N–H and O–H groups in total. The third-order valence-electron chi connectivity index (χ3n) is 8.23. The van der Waals surface area contributed by atoms with E-state index in [2.05, 4.69) is 10.6 Å². The van der Waals surface area contributed by atoms with Crippen LogP contribution in [-0.4, -0.2) is 86.3 Å². The van der Waals surface area contributed by atoms with Crippen LogP contribution < -0.4 is 15.4 Å². The summed E-state index contributed by atoms with van der Waals surface area (Å²) in [5.41, 5.74) is 1.24. The van der Waals surface area contributed by atoms with Crippen LogP contribution in [0.3, 0.4) is 0 Å². The molecule has 0 aromatic heterocycles.